The zero-order valence-corrected chi connectivity index (χ0v) is 22.1. The van der Waals surface area contributed by atoms with Gasteiger partial charge in [0.1, 0.15) is 18.9 Å². The molecule has 0 saturated heterocycles. The van der Waals surface area contributed by atoms with Gasteiger partial charge in [-0.1, -0.05) is 134 Å². The molecule has 0 aliphatic rings. The van der Waals surface area contributed by atoms with Crippen molar-refractivity contribution >= 4 is 0 Å². The fourth-order valence-electron chi connectivity index (χ4n) is 4.92. The maximum atomic E-state index is 2.56. The second kappa shape index (κ2) is 18.8. The molecule has 0 bridgehead atoms. The van der Waals surface area contributed by atoms with Crippen LogP contribution >= 0.6 is 0 Å². The van der Waals surface area contributed by atoms with E-state index in [4.69, 9.17) is 0 Å². The SMILES string of the molecule is CCCCCCCCCCCCC[n+]1ccn(Cc2ccccc2)c1CCCCCCCC. The fraction of sp³-hybridized carbons (Fsp3) is 0.710. The molecule has 2 heteroatoms. The highest BCUT2D eigenvalue weighted by atomic mass is 15.1. The van der Waals surface area contributed by atoms with Crippen LogP contribution in [-0.4, -0.2) is 4.57 Å². The summed E-state index contributed by atoms with van der Waals surface area (Å²) >= 11 is 0. The summed E-state index contributed by atoms with van der Waals surface area (Å²) in [6.45, 7) is 6.78. The van der Waals surface area contributed by atoms with Crippen LogP contribution in [0.5, 0.6) is 0 Å². The molecule has 186 valence electrons. The van der Waals surface area contributed by atoms with E-state index in [0.717, 1.165) is 6.54 Å². The topological polar surface area (TPSA) is 8.81 Å². The Morgan fingerprint density at radius 2 is 1.12 bits per heavy atom. The molecule has 1 heterocycles. The Balaban J connectivity index is 1.73. The highest BCUT2D eigenvalue weighted by Gasteiger charge is 2.17. The number of aryl methyl sites for hydroxylation is 1. The first-order valence-corrected chi connectivity index (χ1v) is 14.5. The number of hydrogen-bond donors (Lipinski definition) is 0. The van der Waals surface area contributed by atoms with E-state index < -0.39 is 0 Å². The lowest BCUT2D eigenvalue weighted by Crippen LogP contribution is -2.37. The number of nitrogens with zero attached hydrogens (tertiary/aromatic N) is 2. The summed E-state index contributed by atoms with van der Waals surface area (Å²) in [4.78, 5) is 0. The molecule has 0 spiro atoms. The van der Waals surface area contributed by atoms with E-state index >= 15 is 0 Å². The van der Waals surface area contributed by atoms with Crippen molar-refractivity contribution in [3.05, 3.63) is 54.1 Å². The van der Waals surface area contributed by atoms with Crippen LogP contribution in [0.25, 0.3) is 0 Å². The molecular formula is C31H53N2+. The average Bonchev–Trinajstić information content (AvgIpc) is 3.21. The summed E-state index contributed by atoms with van der Waals surface area (Å²) < 4.78 is 5.06. The lowest BCUT2D eigenvalue weighted by atomic mass is 10.1. The third kappa shape index (κ3) is 12.5. The van der Waals surface area contributed by atoms with Gasteiger partial charge < -0.3 is 0 Å². The van der Waals surface area contributed by atoms with E-state index in [2.05, 4.69) is 65.7 Å². The highest BCUT2D eigenvalue weighted by Crippen LogP contribution is 2.13. The van der Waals surface area contributed by atoms with Crippen molar-refractivity contribution in [2.75, 3.05) is 0 Å². The molecule has 0 amide bonds. The standard InChI is InChI=1S/C31H53N2/c1-3-5-7-9-11-12-13-14-15-17-22-26-32-27-28-33(29-30-23-19-18-20-24-30)31(32)25-21-16-10-8-6-4-2/h18-20,23-24,27-28H,3-17,21-22,25-26,29H2,1-2H3/q+1. The number of imidazole rings is 1. The van der Waals surface area contributed by atoms with E-state index in [0.29, 0.717) is 0 Å². The molecular weight excluding hydrogens is 400 g/mol. The molecule has 0 saturated carbocycles. The monoisotopic (exact) mass is 453 g/mol. The summed E-state index contributed by atoms with van der Waals surface area (Å²) in [7, 11) is 0. The van der Waals surface area contributed by atoms with Crippen LogP contribution in [0, 0.1) is 0 Å². The molecule has 0 aliphatic heterocycles. The van der Waals surface area contributed by atoms with Crippen molar-refractivity contribution in [1.29, 1.82) is 0 Å². The fourth-order valence-corrected chi connectivity index (χ4v) is 4.92. The molecule has 0 N–H and O–H groups in total. The van der Waals surface area contributed by atoms with Gasteiger partial charge in [0.25, 0.3) is 5.82 Å². The maximum Gasteiger partial charge on any atom is 0.256 e. The van der Waals surface area contributed by atoms with Gasteiger partial charge in [0.2, 0.25) is 0 Å². The van der Waals surface area contributed by atoms with Crippen molar-refractivity contribution in [2.45, 2.75) is 143 Å². The average molecular weight is 454 g/mol. The summed E-state index contributed by atoms with van der Waals surface area (Å²) in [5.74, 6) is 1.53. The zero-order chi connectivity index (χ0) is 23.4. The second-order valence-corrected chi connectivity index (χ2v) is 10.1. The van der Waals surface area contributed by atoms with Gasteiger partial charge in [-0.2, -0.15) is 0 Å². The van der Waals surface area contributed by atoms with Gasteiger partial charge in [0.15, 0.2) is 0 Å². The quantitative estimate of drug-likeness (QED) is 0.132. The molecule has 33 heavy (non-hydrogen) atoms. The first kappa shape index (κ1) is 27.7. The second-order valence-electron chi connectivity index (χ2n) is 10.1. The molecule has 0 radical (unpaired) electrons. The number of rotatable bonds is 21. The zero-order valence-electron chi connectivity index (χ0n) is 22.1. The van der Waals surface area contributed by atoms with Crippen LogP contribution < -0.4 is 4.57 Å². The van der Waals surface area contributed by atoms with Crippen molar-refractivity contribution in [1.82, 2.24) is 4.57 Å². The van der Waals surface area contributed by atoms with Crippen LogP contribution in [0.15, 0.2) is 42.7 Å². The van der Waals surface area contributed by atoms with E-state index in [1.807, 2.05) is 0 Å². The van der Waals surface area contributed by atoms with Gasteiger partial charge >= 0.3 is 0 Å². The van der Waals surface area contributed by atoms with Crippen LogP contribution in [0.4, 0.5) is 0 Å². The van der Waals surface area contributed by atoms with Gasteiger partial charge in [0.05, 0.1) is 6.54 Å². The minimum absolute atomic E-state index is 0.997. The Hall–Kier alpha value is -1.57. The summed E-state index contributed by atoms with van der Waals surface area (Å²) in [5, 5.41) is 0. The molecule has 2 rings (SSSR count). The number of unbranched alkanes of at least 4 members (excludes halogenated alkanes) is 15. The van der Waals surface area contributed by atoms with Crippen molar-refractivity contribution < 1.29 is 4.57 Å². The van der Waals surface area contributed by atoms with E-state index in [1.54, 1.807) is 0 Å². The molecule has 0 fully saturated rings. The lowest BCUT2D eigenvalue weighted by molar-refractivity contribution is -0.704. The van der Waals surface area contributed by atoms with Gasteiger partial charge in [0, 0.05) is 6.42 Å². The number of benzene rings is 1. The minimum Gasteiger partial charge on any atom is -0.234 e. The third-order valence-electron chi connectivity index (χ3n) is 7.04. The Morgan fingerprint density at radius 1 is 0.606 bits per heavy atom. The molecule has 2 aromatic rings. The smallest absolute Gasteiger partial charge is 0.234 e. The Labute approximate surface area is 205 Å². The predicted molar refractivity (Wildman–Crippen MR) is 144 cm³/mol. The summed E-state index contributed by atoms with van der Waals surface area (Å²) in [6.07, 6.45) is 29.6. The highest BCUT2D eigenvalue weighted by molar-refractivity contribution is 5.15. The molecule has 0 unspecified atom stereocenters. The molecule has 0 aliphatic carbocycles. The van der Waals surface area contributed by atoms with Crippen LogP contribution in [0.2, 0.25) is 0 Å². The van der Waals surface area contributed by atoms with Gasteiger partial charge in [-0.15, -0.1) is 0 Å². The number of aromatic nitrogens is 2. The van der Waals surface area contributed by atoms with E-state index in [9.17, 15) is 0 Å². The van der Waals surface area contributed by atoms with Crippen LogP contribution in [0.1, 0.15) is 134 Å². The van der Waals surface area contributed by atoms with E-state index in [1.165, 1.54) is 134 Å². The Bertz CT molecular complexity index is 688. The Kier molecular flexibility index (Phi) is 15.8. The predicted octanol–water partition coefficient (Wildman–Crippen LogP) is 9.04. The van der Waals surface area contributed by atoms with Gasteiger partial charge in [-0.3, -0.25) is 0 Å². The van der Waals surface area contributed by atoms with Gasteiger partial charge in [-0.05, 0) is 24.8 Å². The van der Waals surface area contributed by atoms with Crippen molar-refractivity contribution in [2.24, 2.45) is 0 Å². The summed E-state index contributed by atoms with van der Waals surface area (Å²) in [6, 6.07) is 10.9. The third-order valence-corrected chi connectivity index (χ3v) is 7.04. The largest absolute Gasteiger partial charge is 0.256 e. The molecule has 1 aromatic carbocycles. The van der Waals surface area contributed by atoms with Crippen molar-refractivity contribution in [3.8, 4) is 0 Å². The molecule has 1 aromatic heterocycles. The Morgan fingerprint density at radius 3 is 1.70 bits per heavy atom. The minimum atomic E-state index is 0.997. The first-order chi connectivity index (χ1) is 16.3. The number of hydrogen-bond acceptors (Lipinski definition) is 0. The van der Waals surface area contributed by atoms with Crippen LogP contribution in [0.3, 0.4) is 0 Å². The molecule has 2 nitrogen and oxygen atoms in total. The van der Waals surface area contributed by atoms with E-state index in [-0.39, 0.29) is 0 Å². The summed E-state index contributed by atoms with van der Waals surface area (Å²) in [5.41, 5.74) is 1.40. The lowest BCUT2D eigenvalue weighted by Gasteiger charge is -2.07. The van der Waals surface area contributed by atoms with Crippen LogP contribution in [-0.2, 0) is 19.5 Å². The normalized spacial score (nSPS) is 11.3. The first-order valence-electron chi connectivity index (χ1n) is 14.5. The maximum absolute atomic E-state index is 2.56. The molecule has 0 atom stereocenters. The van der Waals surface area contributed by atoms with Gasteiger partial charge in [-0.25, -0.2) is 9.13 Å². The van der Waals surface area contributed by atoms with Crippen molar-refractivity contribution in [3.63, 3.8) is 0 Å².